The van der Waals surface area contributed by atoms with Crippen LogP contribution in [0.15, 0.2) is 48.5 Å². The van der Waals surface area contributed by atoms with Crippen molar-refractivity contribution in [2.45, 2.75) is 31.7 Å². The SMILES string of the molecule is CCc1ccc(F)c(CNC(=O)C(O)(c2ccccc2)C(F)(F)F)c1. The summed E-state index contributed by atoms with van der Waals surface area (Å²) < 4.78 is 53.9. The van der Waals surface area contributed by atoms with E-state index in [-0.39, 0.29) is 5.56 Å². The molecule has 1 amide bonds. The van der Waals surface area contributed by atoms with Gasteiger partial charge in [-0.25, -0.2) is 4.39 Å². The van der Waals surface area contributed by atoms with Gasteiger partial charge < -0.3 is 10.4 Å². The summed E-state index contributed by atoms with van der Waals surface area (Å²) in [5, 5.41) is 12.1. The molecule has 3 nitrogen and oxygen atoms in total. The van der Waals surface area contributed by atoms with E-state index in [1.165, 1.54) is 30.3 Å². The summed E-state index contributed by atoms with van der Waals surface area (Å²) in [6.07, 6.45) is -4.63. The minimum atomic E-state index is -5.23. The molecule has 0 radical (unpaired) electrons. The van der Waals surface area contributed by atoms with E-state index in [9.17, 15) is 27.5 Å². The van der Waals surface area contributed by atoms with Crippen molar-refractivity contribution in [3.8, 4) is 0 Å². The minimum Gasteiger partial charge on any atom is -0.369 e. The maximum atomic E-state index is 13.8. The van der Waals surface area contributed by atoms with E-state index in [0.717, 1.165) is 17.7 Å². The van der Waals surface area contributed by atoms with Crippen LogP contribution in [0.2, 0.25) is 0 Å². The van der Waals surface area contributed by atoms with Crippen molar-refractivity contribution < 1.29 is 27.5 Å². The first-order valence-electron chi connectivity index (χ1n) is 7.60. The van der Waals surface area contributed by atoms with Gasteiger partial charge in [0.25, 0.3) is 11.5 Å². The first kappa shape index (κ1) is 18.9. The lowest BCUT2D eigenvalue weighted by Gasteiger charge is -2.29. The minimum absolute atomic E-state index is 0.0466. The van der Waals surface area contributed by atoms with Crippen molar-refractivity contribution in [2.24, 2.45) is 0 Å². The highest BCUT2D eigenvalue weighted by Gasteiger charge is 2.60. The van der Waals surface area contributed by atoms with Crippen LogP contribution in [-0.2, 0) is 23.4 Å². The number of nitrogens with one attached hydrogen (secondary N) is 1. The normalized spacial score (nSPS) is 14.0. The van der Waals surface area contributed by atoms with Gasteiger partial charge in [-0.05, 0) is 18.1 Å². The molecule has 2 rings (SSSR count). The lowest BCUT2D eigenvalue weighted by atomic mass is 9.92. The molecule has 1 atom stereocenters. The van der Waals surface area contributed by atoms with E-state index in [0.29, 0.717) is 6.42 Å². The number of carbonyl (C=O) groups is 1. The molecule has 0 aliphatic rings. The van der Waals surface area contributed by atoms with Gasteiger partial charge in [-0.2, -0.15) is 13.2 Å². The molecule has 0 aliphatic heterocycles. The van der Waals surface area contributed by atoms with Gasteiger partial charge in [0, 0.05) is 17.7 Å². The Morgan fingerprint density at radius 3 is 2.32 bits per heavy atom. The van der Waals surface area contributed by atoms with Crippen LogP contribution < -0.4 is 5.32 Å². The molecule has 2 aromatic rings. The first-order valence-corrected chi connectivity index (χ1v) is 7.60. The zero-order valence-corrected chi connectivity index (χ0v) is 13.4. The summed E-state index contributed by atoms with van der Waals surface area (Å²) in [5.74, 6) is -2.31. The van der Waals surface area contributed by atoms with Crippen LogP contribution in [0.1, 0.15) is 23.6 Å². The average molecular weight is 355 g/mol. The second-order valence-electron chi connectivity index (χ2n) is 5.54. The number of aliphatic hydroxyl groups is 1. The number of rotatable bonds is 5. The molecule has 0 aromatic heterocycles. The number of alkyl halides is 3. The lowest BCUT2D eigenvalue weighted by Crippen LogP contribution is -2.54. The molecule has 25 heavy (non-hydrogen) atoms. The number of aryl methyl sites for hydroxylation is 1. The van der Waals surface area contributed by atoms with Gasteiger partial charge in [0.05, 0.1) is 0 Å². The molecule has 1 unspecified atom stereocenters. The molecule has 0 aliphatic carbocycles. The smallest absolute Gasteiger partial charge is 0.369 e. The highest BCUT2D eigenvalue weighted by molar-refractivity contribution is 5.87. The summed E-state index contributed by atoms with van der Waals surface area (Å²) >= 11 is 0. The number of carbonyl (C=O) groups excluding carboxylic acids is 1. The van der Waals surface area contributed by atoms with Gasteiger partial charge in [-0.15, -0.1) is 0 Å². The predicted octanol–water partition coefficient (Wildman–Crippen LogP) is 3.45. The summed E-state index contributed by atoms with van der Waals surface area (Å²) in [4.78, 5) is 12.1. The van der Waals surface area contributed by atoms with Gasteiger partial charge in [-0.1, -0.05) is 49.4 Å². The number of hydrogen-bond acceptors (Lipinski definition) is 2. The molecular formula is C18H17F4NO2. The number of halogens is 4. The van der Waals surface area contributed by atoms with Crippen molar-refractivity contribution in [1.82, 2.24) is 5.32 Å². The molecule has 2 aromatic carbocycles. The van der Waals surface area contributed by atoms with Crippen molar-refractivity contribution in [3.63, 3.8) is 0 Å². The van der Waals surface area contributed by atoms with E-state index < -0.39 is 35.6 Å². The Kier molecular flexibility index (Phi) is 5.47. The molecule has 134 valence electrons. The van der Waals surface area contributed by atoms with Crippen molar-refractivity contribution in [1.29, 1.82) is 0 Å². The van der Waals surface area contributed by atoms with Crippen LogP contribution in [0.25, 0.3) is 0 Å². The van der Waals surface area contributed by atoms with Crippen LogP contribution in [-0.4, -0.2) is 17.2 Å². The van der Waals surface area contributed by atoms with E-state index >= 15 is 0 Å². The topological polar surface area (TPSA) is 49.3 Å². The molecule has 0 heterocycles. The fourth-order valence-corrected chi connectivity index (χ4v) is 2.39. The fourth-order valence-electron chi connectivity index (χ4n) is 2.39. The van der Waals surface area contributed by atoms with E-state index in [4.69, 9.17) is 0 Å². The number of hydrogen-bond donors (Lipinski definition) is 2. The predicted molar refractivity (Wildman–Crippen MR) is 84.0 cm³/mol. The van der Waals surface area contributed by atoms with Gasteiger partial charge in [0.1, 0.15) is 5.82 Å². The zero-order valence-electron chi connectivity index (χ0n) is 13.4. The quantitative estimate of drug-likeness (QED) is 0.807. The molecule has 0 fully saturated rings. The van der Waals surface area contributed by atoms with E-state index in [2.05, 4.69) is 0 Å². The molecular weight excluding hydrogens is 338 g/mol. The maximum absolute atomic E-state index is 13.8. The average Bonchev–Trinajstić information content (AvgIpc) is 2.59. The summed E-state index contributed by atoms with van der Waals surface area (Å²) in [6, 6.07) is 10.2. The zero-order chi connectivity index (χ0) is 18.7. The summed E-state index contributed by atoms with van der Waals surface area (Å²) in [5.41, 5.74) is -3.50. The Balaban J connectivity index is 2.28. The third-order valence-corrected chi connectivity index (χ3v) is 3.89. The Morgan fingerprint density at radius 1 is 1.12 bits per heavy atom. The summed E-state index contributed by atoms with van der Waals surface area (Å²) in [7, 11) is 0. The van der Waals surface area contributed by atoms with Crippen LogP contribution in [0.4, 0.5) is 17.6 Å². The molecule has 0 spiro atoms. The Morgan fingerprint density at radius 2 is 1.76 bits per heavy atom. The highest BCUT2D eigenvalue weighted by Crippen LogP contribution is 2.39. The summed E-state index contributed by atoms with van der Waals surface area (Å²) in [6.45, 7) is 1.37. The van der Waals surface area contributed by atoms with Gasteiger partial charge in [0.15, 0.2) is 0 Å². The second kappa shape index (κ2) is 7.23. The van der Waals surface area contributed by atoms with Gasteiger partial charge >= 0.3 is 6.18 Å². The van der Waals surface area contributed by atoms with Crippen LogP contribution in [0, 0.1) is 5.82 Å². The van der Waals surface area contributed by atoms with E-state index in [1.807, 2.05) is 12.2 Å². The third-order valence-electron chi connectivity index (χ3n) is 3.89. The Bertz CT molecular complexity index is 746. The highest BCUT2D eigenvalue weighted by atomic mass is 19.4. The molecule has 0 saturated heterocycles. The molecule has 0 bridgehead atoms. The van der Waals surface area contributed by atoms with Crippen molar-refractivity contribution >= 4 is 5.91 Å². The third kappa shape index (κ3) is 3.82. The standard InChI is InChI=1S/C18H17F4NO2/c1-2-12-8-9-15(19)13(10-12)11-23-16(24)17(25,18(20,21)22)14-6-4-3-5-7-14/h3-10,25H,2,11H2,1H3,(H,23,24). The molecule has 0 saturated carbocycles. The van der Waals surface area contributed by atoms with Crippen molar-refractivity contribution in [2.75, 3.05) is 0 Å². The van der Waals surface area contributed by atoms with Crippen LogP contribution in [0.3, 0.4) is 0 Å². The first-order chi connectivity index (χ1) is 11.7. The maximum Gasteiger partial charge on any atom is 0.430 e. The van der Waals surface area contributed by atoms with E-state index in [1.54, 1.807) is 6.07 Å². The number of amides is 1. The fraction of sp³-hybridized carbons (Fsp3) is 0.278. The molecule has 2 N–H and O–H groups in total. The second-order valence-corrected chi connectivity index (χ2v) is 5.54. The molecule has 7 heteroatoms. The Labute approximate surface area is 142 Å². The lowest BCUT2D eigenvalue weighted by molar-refractivity contribution is -0.257. The van der Waals surface area contributed by atoms with Crippen LogP contribution >= 0.6 is 0 Å². The van der Waals surface area contributed by atoms with Gasteiger partial charge in [0.2, 0.25) is 0 Å². The number of benzene rings is 2. The Hall–Kier alpha value is -2.41. The van der Waals surface area contributed by atoms with Crippen LogP contribution in [0.5, 0.6) is 0 Å². The monoisotopic (exact) mass is 355 g/mol. The van der Waals surface area contributed by atoms with Crippen molar-refractivity contribution in [3.05, 3.63) is 71.0 Å². The largest absolute Gasteiger partial charge is 0.430 e. The van der Waals surface area contributed by atoms with Gasteiger partial charge in [-0.3, -0.25) is 4.79 Å².